The van der Waals surface area contributed by atoms with Gasteiger partial charge < -0.3 is 10.1 Å². The molecule has 0 saturated heterocycles. The second-order valence-electron chi connectivity index (χ2n) is 6.25. The smallest absolute Gasteiger partial charge is 0.331 e. The van der Waals surface area contributed by atoms with Crippen molar-refractivity contribution in [2.75, 3.05) is 0 Å². The molecule has 4 nitrogen and oxygen atoms in total. The first-order chi connectivity index (χ1) is 12.0. The second kappa shape index (κ2) is 8.83. The minimum Gasteiger partial charge on any atom is -0.459 e. The Morgan fingerprint density at radius 1 is 1.00 bits per heavy atom. The first-order valence-electron chi connectivity index (χ1n) is 8.21. The van der Waals surface area contributed by atoms with Gasteiger partial charge in [0.25, 0.3) is 0 Å². The number of hydrogen-bond acceptors (Lipinski definition) is 3. The highest BCUT2D eigenvalue weighted by atomic mass is 16.5. The average molecular weight is 337 g/mol. The molecule has 0 unspecified atom stereocenters. The molecule has 0 aromatic heterocycles. The summed E-state index contributed by atoms with van der Waals surface area (Å²) in [4.78, 5) is 24.3. The Labute approximate surface area is 148 Å². The lowest BCUT2D eigenvalue weighted by Gasteiger charge is -2.23. The van der Waals surface area contributed by atoms with Crippen LogP contribution in [0.4, 0.5) is 0 Å². The van der Waals surface area contributed by atoms with Crippen molar-refractivity contribution in [1.29, 1.82) is 0 Å². The van der Waals surface area contributed by atoms with Crippen LogP contribution >= 0.6 is 0 Å². The molecule has 0 saturated carbocycles. The predicted molar refractivity (Wildman–Crippen MR) is 98.6 cm³/mol. The van der Waals surface area contributed by atoms with E-state index in [1.807, 2.05) is 66.7 Å². The number of carbonyl (C=O) groups excluding carboxylic acids is 2. The van der Waals surface area contributed by atoms with Crippen molar-refractivity contribution in [2.45, 2.75) is 32.4 Å². The van der Waals surface area contributed by atoms with Gasteiger partial charge in [-0.3, -0.25) is 4.79 Å². The molecule has 1 N–H and O–H groups in total. The summed E-state index contributed by atoms with van der Waals surface area (Å²) in [5.41, 5.74) is 0.854. The molecule has 130 valence electrons. The van der Waals surface area contributed by atoms with Gasteiger partial charge in [0.2, 0.25) is 5.91 Å². The standard InChI is InChI=1S/C21H23NO3/c1-21(2,20(24)25-16-18-12-7-4-8-13-18)22-19(23)15-9-14-17-10-5-3-6-11-17/h3-14H,15-16H2,1-2H3,(H,22,23)/b14-9+. The van der Waals surface area contributed by atoms with Crippen LogP contribution in [0.1, 0.15) is 31.4 Å². The minimum absolute atomic E-state index is 0.187. The van der Waals surface area contributed by atoms with Crippen molar-refractivity contribution in [3.63, 3.8) is 0 Å². The van der Waals surface area contributed by atoms with E-state index in [0.717, 1.165) is 11.1 Å². The monoisotopic (exact) mass is 337 g/mol. The fourth-order valence-corrected chi connectivity index (χ4v) is 2.22. The first-order valence-corrected chi connectivity index (χ1v) is 8.21. The number of carbonyl (C=O) groups is 2. The van der Waals surface area contributed by atoms with Gasteiger partial charge in [0.05, 0.1) is 0 Å². The van der Waals surface area contributed by atoms with Gasteiger partial charge in [0.1, 0.15) is 12.1 Å². The summed E-state index contributed by atoms with van der Waals surface area (Å²) in [5.74, 6) is -0.689. The van der Waals surface area contributed by atoms with E-state index in [1.165, 1.54) is 0 Å². The van der Waals surface area contributed by atoms with E-state index in [2.05, 4.69) is 5.32 Å². The van der Waals surface area contributed by atoms with E-state index >= 15 is 0 Å². The zero-order chi connectivity index (χ0) is 18.1. The summed E-state index contributed by atoms with van der Waals surface area (Å²) in [7, 11) is 0. The highest BCUT2D eigenvalue weighted by molar-refractivity contribution is 5.88. The summed E-state index contributed by atoms with van der Waals surface area (Å²) in [5, 5.41) is 2.71. The van der Waals surface area contributed by atoms with Crippen LogP contribution in [0.3, 0.4) is 0 Å². The van der Waals surface area contributed by atoms with E-state index in [1.54, 1.807) is 19.9 Å². The molecule has 0 aliphatic rings. The molecule has 25 heavy (non-hydrogen) atoms. The highest BCUT2D eigenvalue weighted by Gasteiger charge is 2.30. The normalized spacial score (nSPS) is 11.3. The van der Waals surface area contributed by atoms with Gasteiger partial charge in [-0.25, -0.2) is 4.79 Å². The fourth-order valence-electron chi connectivity index (χ4n) is 2.22. The number of benzene rings is 2. The van der Waals surface area contributed by atoms with Crippen molar-refractivity contribution in [1.82, 2.24) is 5.32 Å². The van der Waals surface area contributed by atoms with Gasteiger partial charge in [-0.15, -0.1) is 0 Å². The summed E-state index contributed by atoms with van der Waals surface area (Å²) in [6.45, 7) is 3.46. The Morgan fingerprint density at radius 3 is 2.24 bits per heavy atom. The maximum absolute atomic E-state index is 12.2. The van der Waals surface area contributed by atoms with Crippen molar-refractivity contribution in [3.8, 4) is 0 Å². The largest absolute Gasteiger partial charge is 0.459 e. The first kappa shape index (κ1) is 18.5. The van der Waals surface area contributed by atoms with E-state index in [-0.39, 0.29) is 18.9 Å². The van der Waals surface area contributed by atoms with Crippen molar-refractivity contribution < 1.29 is 14.3 Å². The molecule has 0 aliphatic carbocycles. The van der Waals surface area contributed by atoms with E-state index < -0.39 is 11.5 Å². The average Bonchev–Trinajstić information content (AvgIpc) is 2.61. The zero-order valence-electron chi connectivity index (χ0n) is 14.6. The topological polar surface area (TPSA) is 55.4 Å². The molecule has 0 aliphatic heterocycles. The molecule has 2 aromatic rings. The zero-order valence-corrected chi connectivity index (χ0v) is 14.6. The third kappa shape index (κ3) is 6.26. The van der Waals surface area contributed by atoms with Gasteiger partial charge in [-0.1, -0.05) is 72.8 Å². The van der Waals surface area contributed by atoms with Crippen LogP contribution in [0.5, 0.6) is 0 Å². The Balaban J connectivity index is 1.81. The lowest BCUT2D eigenvalue weighted by atomic mass is 10.1. The lowest BCUT2D eigenvalue weighted by molar-refractivity contribution is -0.153. The fraction of sp³-hybridized carbons (Fsp3) is 0.238. The molecule has 1 amide bonds. The van der Waals surface area contributed by atoms with Crippen LogP contribution in [0.25, 0.3) is 6.08 Å². The number of ether oxygens (including phenoxy) is 1. The van der Waals surface area contributed by atoms with Crippen LogP contribution in [0.2, 0.25) is 0 Å². The third-order valence-electron chi connectivity index (χ3n) is 3.59. The van der Waals surface area contributed by atoms with Gasteiger partial charge >= 0.3 is 5.97 Å². The van der Waals surface area contributed by atoms with E-state index in [4.69, 9.17) is 4.74 Å². The number of nitrogens with one attached hydrogen (secondary N) is 1. The number of hydrogen-bond donors (Lipinski definition) is 1. The summed E-state index contributed by atoms with van der Waals surface area (Å²) < 4.78 is 5.30. The van der Waals surface area contributed by atoms with Crippen LogP contribution in [-0.4, -0.2) is 17.4 Å². The van der Waals surface area contributed by atoms with Gasteiger partial charge in [-0.2, -0.15) is 0 Å². The second-order valence-corrected chi connectivity index (χ2v) is 6.25. The molecule has 0 bridgehead atoms. The van der Waals surface area contributed by atoms with Gasteiger partial charge in [0, 0.05) is 6.42 Å². The maximum atomic E-state index is 12.2. The molecular weight excluding hydrogens is 314 g/mol. The Kier molecular flexibility index (Phi) is 6.52. The van der Waals surface area contributed by atoms with Crippen LogP contribution in [-0.2, 0) is 20.9 Å². The number of rotatable bonds is 7. The maximum Gasteiger partial charge on any atom is 0.331 e. The Hall–Kier alpha value is -2.88. The van der Waals surface area contributed by atoms with E-state index in [0.29, 0.717) is 0 Å². The number of amides is 1. The third-order valence-corrected chi connectivity index (χ3v) is 3.59. The van der Waals surface area contributed by atoms with Crippen molar-refractivity contribution >= 4 is 18.0 Å². The molecule has 0 spiro atoms. The highest BCUT2D eigenvalue weighted by Crippen LogP contribution is 2.09. The quantitative estimate of drug-likeness (QED) is 0.783. The van der Waals surface area contributed by atoms with Crippen LogP contribution < -0.4 is 5.32 Å². The summed E-state index contributed by atoms with van der Waals surface area (Å²) in [6, 6.07) is 19.2. The SMILES string of the molecule is CC(C)(NC(=O)C/C=C/c1ccccc1)C(=O)OCc1ccccc1. The Bertz CT molecular complexity index is 721. The number of esters is 1. The molecule has 0 heterocycles. The predicted octanol–water partition coefficient (Wildman–Crippen LogP) is 3.73. The molecule has 0 fully saturated rings. The Morgan fingerprint density at radius 2 is 1.60 bits per heavy atom. The van der Waals surface area contributed by atoms with Crippen LogP contribution in [0.15, 0.2) is 66.7 Å². The molecule has 0 atom stereocenters. The lowest BCUT2D eigenvalue weighted by Crippen LogP contribution is -2.50. The molecular formula is C21H23NO3. The molecule has 0 radical (unpaired) electrons. The van der Waals surface area contributed by atoms with Crippen LogP contribution in [0, 0.1) is 0 Å². The van der Waals surface area contributed by atoms with Crippen molar-refractivity contribution in [3.05, 3.63) is 77.9 Å². The summed E-state index contributed by atoms with van der Waals surface area (Å²) in [6.07, 6.45) is 3.85. The molecule has 4 heteroatoms. The van der Waals surface area contributed by atoms with Gasteiger partial charge in [0.15, 0.2) is 0 Å². The van der Waals surface area contributed by atoms with Gasteiger partial charge in [-0.05, 0) is 25.0 Å². The minimum atomic E-state index is -1.08. The molecule has 2 rings (SSSR count). The summed E-state index contributed by atoms with van der Waals surface area (Å²) >= 11 is 0. The molecule has 2 aromatic carbocycles. The van der Waals surface area contributed by atoms with Crippen molar-refractivity contribution in [2.24, 2.45) is 0 Å². The van der Waals surface area contributed by atoms with E-state index in [9.17, 15) is 9.59 Å².